The van der Waals surface area contributed by atoms with E-state index in [-0.39, 0.29) is 38.1 Å². The van der Waals surface area contributed by atoms with Crippen LogP contribution >= 0.6 is 0 Å². The van der Waals surface area contributed by atoms with Crippen LogP contribution in [0.4, 0.5) is 0 Å². The van der Waals surface area contributed by atoms with Gasteiger partial charge in [-0.15, -0.1) is 0 Å². The molecule has 0 fully saturated rings. The molecule has 2 radical (unpaired) electrons. The van der Waals surface area contributed by atoms with Crippen molar-refractivity contribution in [3.63, 3.8) is 0 Å². The second-order valence-electron chi connectivity index (χ2n) is 1.49. The minimum absolute atomic E-state index is 0. The second kappa shape index (κ2) is 12.5. The van der Waals surface area contributed by atoms with Gasteiger partial charge in [-0.05, 0) is 5.57 Å². The number of rotatable bonds is 0. The molecule has 3 nitrogen and oxygen atoms in total. The Kier molecular flexibility index (Phi) is 25.5. The molecule has 0 spiro atoms. The van der Waals surface area contributed by atoms with Gasteiger partial charge in [-0.1, -0.05) is 30.9 Å². The first-order valence-corrected chi connectivity index (χ1v) is 2.26. The summed E-state index contributed by atoms with van der Waals surface area (Å²) in [6.45, 7) is 3.72. The van der Waals surface area contributed by atoms with Gasteiger partial charge in [0.15, 0.2) is 0 Å². The zero-order valence-corrected chi connectivity index (χ0v) is 7.50. The second-order valence-corrected chi connectivity index (χ2v) is 1.49. The zero-order chi connectivity index (χ0) is 5.11. The van der Waals surface area contributed by atoms with E-state index in [4.69, 9.17) is 0 Å². The van der Waals surface area contributed by atoms with Gasteiger partial charge in [0.25, 0.3) is 0 Å². The molecule has 0 bridgehead atoms. The normalized spacial score (nSPS) is 11.5. The van der Waals surface area contributed by atoms with Gasteiger partial charge in [-0.3, -0.25) is 0 Å². The van der Waals surface area contributed by atoms with Gasteiger partial charge in [0.1, 0.15) is 0 Å². The Hall–Kier alpha value is -0.186. The molecule has 3 N–H and O–H groups in total. The van der Waals surface area contributed by atoms with Crippen molar-refractivity contribution < 1.29 is 38.1 Å². The van der Waals surface area contributed by atoms with E-state index in [2.05, 4.69) is 6.58 Å². The van der Waals surface area contributed by atoms with Gasteiger partial charge in [-0.2, -0.15) is 0 Å². The molecule has 0 aromatic rings. The van der Waals surface area contributed by atoms with E-state index in [9.17, 15) is 0 Å². The summed E-state index contributed by atoms with van der Waals surface area (Å²) in [5.74, 6) is 0. The average Bonchev–Trinajstić information content (AvgIpc) is 1.69. The van der Waals surface area contributed by atoms with E-state index in [1.807, 2.05) is 30.7 Å². The van der Waals surface area contributed by atoms with Crippen molar-refractivity contribution >= 4 is 0 Å². The quantitative estimate of drug-likeness (QED) is 0.539. The van der Waals surface area contributed by atoms with Gasteiger partial charge >= 0.3 is 21.7 Å². The molecule has 0 heterocycles. The van der Waals surface area contributed by atoms with Crippen molar-refractivity contribution in [3.05, 3.63) is 42.9 Å². The van der Waals surface area contributed by atoms with Crippen LogP contribution in [0.15, 0.2) is 36.5 Å². The van der Waals surface area contributed by atoms with Crippen molar-refractivity contribution in [2.24, 2.45) is 0 Å². The van der Waals surface area contributed by atoms with Crippen molar-refractivity contribution in [3.8, 4) is 0 Å². The molecule has 0 atom stereocenters. The van der Waals surface area contributed by atoms with Crippen LogP contribution in [0.3, 0.4) is 0 Å². The smallest absolute Gasteiger partial charge is 0.870 e. The number of hydrogen-bond donors (Lipinski definition) is 0. The molecule has 11 heavy (non-hydrogen) atoms. The van der Waals surface area contributed by atoms with Crippen LogP contribution < -0.4 is 0 Å². The van der Waals surface area contributed by atoms with Crippen LogP contribution in [0.5, 0.6) is 0 Å². The van der Waals surface area contributed by atoms with E-state index < -0.39 is 0 Å². The monoisotopic (exact) mass is 190 g/mol. The van der Waals surface area contributed by atoms with Crippen LogP contribution in [-0.2, 0) is 21.7 Å². The maximum absolute atomic E-state index is 3.72. The Morgan fingerprint density at radius 3 is 1.64 bits per heavy atom. The molecular weight excluding hydrogens is 180 g/mol. The fourth-order valence-corrected chi connectivity index (χ4v) is 0.478. The van der Waals surface area contributed by atoms with E-state index >= 15 is 0 Å². The molecule has 1 aliphatic carbocycles. The molecule has 0 saturated carbocycles. The molecule has 0 saturated heterocycles. The first kappa shape index (κ1) is 22.4. The van der Waals surface area contributed by atoms with Crippen molar-refractivity contribution in [1.82, 2.24) is 0 Å². The Morgan fingerprint density at radius 1 is 0.909 bits per heavy atom. The van der Waals surface area contributed by atoms with E-state index in [1.165, 1.54) is 0 Å². The Bertz CT molecular complexity index is 141. The van der Waals surface area contributed by atoms with E-state index in [0.717, 1.165) is 5.57 Å². The molecular formula is C7H10O3Ti. The molecule has 4 heteroatoms. The summed E-state index contributed by atoms with van der Waals surface area (Å²) < 4.78 is 0. The predicted octanol–water partition coefficient (Wildman–Crippen LogP) is 1.34. The van der Waals surface area contributed by atoms with E-state index in [0.29, 0.717) is 0 Å². The third kappa shape index (κ3) is 9.81. The molecule has 0 amide bonds. The standard InChI is InChI=1S/C7H7.3H2O.Ti/c1-7-5-3-2-4-6-7;;;;/h2-6H,1H2;3*1H2;/q;;;;+3/p-3. The summed E-state index contributed by atoms with van der Waals surface area (Å²) in [5.41, 5.74) is 1.07. The third-order valence-corrected chi connectivity index (χ3v) is 0.843. The number of allylic oxidation sites excluding steroid dienone is 5. The fourth-order valence-electron chi connectivity index (χ4n) is 0.478. The summed E-state index contributed by atoms with van der Waals surface area (Å²) in [6.07, 6.45) is 9.87. The topological polar surface area (TPSA) is 90.0 Å². The van der Waals surface area contributed by atoms with Gasteiger partial charge in [0, 0.05) is 6.42 Å². The van der Waals surface area contributed by atoms with Gasteiger partial charge in [0.05, 0.1) is 0 Å². The van der Waals surface area contributed by atoms with Crippen LogP contribution in [-0.4, -0.2) is 16.4 Å². The molecule has 0 aromatic carbocycles. The summed E-state index contributed by atoms with van der Waals surface area (Å²) in [6, 6.07) is 0. The Balaban J connectivity index is -0.0000000612. The summed E-state index contributed by atoms with van der Waals surface area (Å²) in [5, 5.41) is 0. The van der Waals surface area contributed by atoms with Crippen LogP contribution in [0.1, 0.15) is 0 Å². The molecule has 1 aliphatic rings. The first-order chi connectivity index (χ1) is 3.39. The molecule has 60 valence electrons. The SMILES string of the molecule is C=C1[CH]C=CC=C1.[OH-].[OH-].[OH-].[Ti+3]. The first-order valence-electron chi connectivity index (χ1n) is 2.26. The maximum Gasteiger partial charge on any atom is 3.00 e. The predicted molar refractivity (Wildman–Crippen MR) is 37.5 cm³/mol. The van der Waals surface area contributed by atoms with Crippen LogP contribution in [0.25, 0.3) is 0 Å². The summed E-state index contributed by atoms with van der Waals surface area (Å²) >= 11 is 0. The molecule has 0 aromatic heterocycles. The average molecular weight is 190 g/mol. The number of hydrogen-bond acceptors (Lipinski definition) is 3. The van der Waals surface area contributed by atoms with Gasteiger partial charge in [-0.25, -0.2) is 0 Å². The van der Waals surface area contributed by atoms with Gasteiger partial charge < -0.3 is 16.4 Å². The molecule has 1 rings (SSSR count). The van der Waals surface area contributed by atoms with Crippen molar-refractivity contribution in [1.29, 1.82) is 0 Å². The van der Waals surface area contributed by atoms with Crippen LogP contribution in [0, 0.1) is 6.42 Å². The summed E-state index contributed by atoms with van der Waals surface area (Å²) in [7, 11) is 0. The summed E-state index contributed by atoms with van der Waals surface area (Å²) in [4.78, 5) is 0. The third-order valence-electron chi connectivity index (χ3n) is 0.843. The Labute approximate surface area is 81.3 Å². The van der Waals surface area contributed by atoms with E-state index in [1.54, 1.807) is 0 Å². The maximum atomic E-state index is 3.72. The van der Waals surface area contributed by atoms with Crippen molar-refractivity contribution in [2.75, 3.05) is 0 Å². The van der Waals surface area contributed by atoms with Crippen LogP contribution in [0.2, 0.25) is 0 Å². The minimum atomic E-state index is 0. The largest absolute Gasteiger partial charge is 3.00 e. The molecule has 0 unspecified atom stereocenters. The zero-order valence-electron chi connectivity index (χ0n) is 5.94. The van der Waals surface area contributed by atoms with Gasteiger partial charge in [0.2, 0.25) is 0 Å². The molecule has 0 aliphatic heterocycles. The van der Waals surface area contributed by atoms with Crippen molar-refractivity contribution in [2.45, 2.75) is 0 Å². The Morgan fingerprint density at radius 2 is 1.45 bits per heavy atom. The minimum Gasteiger partial charge on any atom is -0.870 e. The fraction of sp³-hybridized carbons (Fsp3) is 0.